The first-order valence-corrected chi connectivity index (χ1v) is 19.1. The highest BCUT2D eigenvalue weighted by molar-refractivity contribution is 7.99. The van der Waals surface area contributed by atoms with Crippen LogP contribution in [0.4, 0.5) is 0 Å². The van der Waals surface area contributed by atoms with Gasteiger partial charge in [-0.3, -0.25) is 9.13 Å². The molecule has 0 spiro atoms. The molecular weight excluding hydrogens is 673 g/mol. The van der Waals surface area contributed by atoms with Crippen molar-refractivity contribution in [2.24, 2.45) is 0 Å². The Morgan fingerprint density at radius 2 is 1.21 bits per heavy atom. The van der Waals surface area contributed by atoms with Crippen molar-refractivity contribution in [3.8, 4) is 34.0 Å². The minimum Gasteiger partial charge on any atom is -0.295 e. The molecule has 6 heteroatoms. The molecule has 1 aliphatic rings. The quantitative estimate of drug-likeness (QED) is 0.184. The molecule has 4 aromatic heterocycles. The van der Waals surface area contributed by atoms with E-state index in [1.807, 2.05) is 11.8 Å². The fraction of sp³-hybridized carbons (Fsp3) is 0. The molecule has 11 aromatic rings. The summed E-state index contributed by atoms with van der Waals surface area (Å²) in [5.41, 5.74) is 9.97. The number of hydrogen-bond acceptors (Lipinski definition) is 4. The van der Waals surface area contributed by atoms with Gasteiger partial charge in [-0.1, -0.05) is 127 Å². The zero-order valence-corrected chi connectivity index (χ0v) is 29.2. The van der Waals surface area contributed by atoms with Crippen molar-refractivity contribution < 1.29 is 0 Å². The number of rotatable bonds is 3. The Morgan fingerprint density at radius 3 is 2.15 bits per heavy atom. The van der Waals surface area contributed by atoms with Crippen LogP contribution >= 0.6 is 23.1 Å². The lowest BCUT2D eigenvalue weighted by molar-refractivity contribution is 1.03. The largest absolute Gasteiger partial charge is 0.295 e. The normalized spacial score (nSPS) is 12.5. The number of thiophene rings is 1. The Morgan fingerprint density at radius 1 is 0.500 bits per heavy atom. The lowest BCUT2D eigenvalue weighted by Gasteiger charge is -2.21. The van der Waals surface area contributed by atoms with Gasteiger partial charge in [0.05, 0.1) is 32.6 Å². The highest BCUT2D eigenvalue weighted by atomic mass is 32.2. The zero-order chi connectivity index (χ0) is 33.9. The van der Waals surface area contributed by atoms with Crippen LogP contribution < -0.4 is 0 Å². The van der Waals surface area contributed by atoms with Crippen molar-refractivity contribution in [1.82, 2.24) is 19.1 Å². The molecule has 0 fully saturated rings. The zero-order valence-electron chi connectivity index (χ0n) is 27.6. The van der Waals surface area contributed by atoms with Gasteiger partial charge < -0.3 is 0 Å². The Labute approximate surface area is 306 Å². The fourth-order valence-corrected chi connectivity index (χ4v) is 10.6. The van der Waals surface area contributed by atoms with E-state index in [-0.39, 0.29) is 0 Å². The molecular formula is C46H26N4S2. The van der Waals surface area contributed by atoms with E-state index < -0.39 is 0 Å². The van der Waals surface area contributed by atoms with Crippen LogP contribution in [0.5, 0.6) is 0 Å². The topological polar surface area (TPSA) is 35.6 Å². The minimum atomic E-state index is 0.735. The molecule has 4 nitrogen and oxygen atoms in total. The van der Waals surface area contributed by atoms with Gasteiger partial charge in [-0.2, -0.15) is 0 Å². The molecule has 1 aliphatic heterocycles. The van der Waals surface area contributed by atoms with Gasteiger partial charge in [0.1, 0.15) is 5.65 Å². The molecule has 0 saturated heterocycles. The summed E-state index contributed by atoms with van der Waals surface area (Å²) in [6.45, 7) is 0. The summed E-state index contributed by atoms with van der Waals surface area (Å²) in [4.78, 5) is 13.6. The van der Waals surface area contributed by atoms with Crippen molar-refractivity contribution in [1.29, 1.82) is 0 Å². The van der Waals surface area contributed by atoms with E-state index in [9.17, 15) is 0 Å². The van der Waals surface area contributed by atoms with Gasteiger partial charge in [0.25, 0.3) is 0 Å². The summed E-state index contributed by atoms with van der Waals surface area (Å²) < 4.78 is 7.25. The Hall–Kier alpha value is -6.21. The van der Waals surface area contributed by atoms with Crippen molar-refractivity contribution >= 4 is 87.0 Å². The average Bonchev–Trinajstić information content (AvgIpc) is 3.86. The third kappa shape index (κ3) is 3.82. The van der Waals surface area contributed by atoms with Crippen molar-refractivity contribution in [2.45, 2.75) is 9.79 Å². The lowest BCUT2D eigenvalue weighted by atomic mass is 10.0. The van der Waals surface area contributed by atoms with Crippen LogP contribution in [-0.4, -0.2) is 19.1 Å². The third-order valence-corrected chi connectivity index (χ3v) is 12.8. The van der Waals surface area contributed by atoms with Gasteiger partial charge in [0.2, 0.25) is 0 Å². The highest BCUT2D eigenvalue weighted by Gasteiger charge is 2.29. The SMILES string of the molecule is c1ccc(-n2c3cccc(-c4nc(-c5cccc6ccccc56)c5sc6ccccc6c5n4)c3c3c4cccc5c4n(c32)-c2ccccc2S5)cc1. The highest BCUT2D eigenvalue weighted by Crippen LogP contribution is 2.51. The summed E-state index contributed by atoms with van der Waals surface area (Å²) in [5, 5.41) is 7.16. The second kappa shape index (κ2) is 10.7. The van der Waals surface area contributed by atoms with Crippen LogP contribution in [0.1, 0.15) is 0 Å². The van der Waals surface area contributed by atoms with Gasteiger partial charge in [0.15, 0.2) is 5.82 Å². The summed E-state index contributed by atoms with van der Waals surface area (Å²) in [6, 6.07) is 56.7. The second-order valence-electron chi connectivity index (χ2n) is 13.3. The number of aromatic nitrogens is 4. The molecule has 0 N–H and O–H groups in total. The summed E-state index contributed by atoms with van der Waals surface area (Å²) in [6.07, 6.45) is 0. The number of fused-ring (bicyclic) bond motifs is 11. The predicted octanol–water partition coefficient (Wildman–Crippen LogP) is 12.8. The van der Waals surface area contributed by atoms with E-state index in [4.69, 9.17) is 9.97 Å². The Kier molecular flexibility index (Phi) is 5.84. The molecule has 7 aromatic carbocycles. The minimum absolute atomic E-state index is 0.735. The molecule has 0 radical (unpaired) electrons. The molecule has 12 rings (SSSR count). The summed E-state index contributed by atoms with van der Waals surface area (Å²) in [7, 11) is 0. The van der Waals surface area contributed by atoms with E-state index in [0.29, 0.717) is 0 Å². The van der Waals surface area contributed by atoms with Crippen LogP contribution in [0.25, 0.3) is 97.9 Å². The number of nitrogens with zero attached hydrogens (tertiary/aromatic N) is 4. The molecule has 0 aliphatic carbocycles. The molecule has 242 valence electrons. The van der Waals surface area contributed by atoms with Gasteiger partial charge in [-0.05, 0) is 53.2 Å². The van der Waals surface area contributed by atoms with E-state index in [1.54, 1.807) is 11.3 Å². The van der Waals surface area contributed by atoms with Crippen molar-refractivity contribution in [2.75, 3.05) is 0 Å². The van der Waals surface area contributed by atoms with Crippen molar-refractivity contribution in [3.05, 3.63) is 158 Å². The maximum atomic E-state index is 5.58. The monoisotopic (exact) mass is 698 g/mol. The van der Waals surface area contributed by atoms with Crippen LogP contribution in [0, 0.1) is 0 Å². The fourth-order valence-electron chi connectivity index (χ4n) is 8.37. The molecule has 0 saturated carbocycles. The predicted molar refractivity (Wildman–Crippen MR) is 219 cm³/mol. The van der Waals surface area contributed by atoms with E-state index >= 15 is 0 Å². The molecule has 0 bridgehead atoms. The first-order valence-electron chi connectivity index (χ1n) is 17.4. The van der Waals surface area contributed by atoms with E-state index in [2.05, 4.69) is 167 Å². The molecule has 5 heterocycles. The molecule has 0 unspecified atom stereocenters. The number of hydrogen-bond donors (Lipinski definition) is 0. The standard InChI is InChI=1S/C46H26N4S2/c1-2-15-28(16-3-1)49-35-23-11-21-33(39(35)40-32-20-12-26-38-43(32)50(46(40)49)34-22-7-9-25-37(34)51-38)45-47-41(30-19-10-14-27-13-4-5-17-29(27)30)44-42(48-45)31-18-6-8-24-36(31)52-44/h1-26H. The van der Waals surface area contributed by atoms with Crippen molar-refractivity contribution in [3.63, 3.8) is 0 Å². The van der Waals surface area contributed by atoms with Gasteiger partial charge in [-0.15, -0.1) is 11.3 Å². The first-order chi connectivity index (χ1) is 25.8. The second-order valence-corrected chi connectivity index (χ2v) is 15.5. The molecule has 0 amide bonds. The molecule has 52 heavy (non-hydrogen) atoms. The van der Waals surface area contributed by atoms with Gasteiger partial charge in [-0.25, -0.2) is 9.97 Å². The smallest absolute Gasteiger partial charge is 0.161 e. The Balaban J connectivity index is 1.27. The van der Waals surface area contributed by atoms with Crippen LogP contribution in [0.2, 0.25) is 0 Å². The average molecular weight is 699 g/mol. The number of benzene rings is 7. The third-order valence-electron chi connectivity index (χ3n) is 10.5. The first kappa shape index (κ1) is 28.5. The van der Waals surface area contributed by atoms with Crippen LogP contribution in [0.15, 0.2) is 168 Å². The van der Waals surface area contributed by atoms with Gasteiger partial charge in [0, 0.05) is 52.9 Å². The molecule has 0 atom stereocenters. The maximum absolute atomic E-state index is 5.58. The van der Waals surface area contributed by atoms with Crippen LogP contribution in [0.3, 0.4) is 0 Å². The Bertz CT molecular complexity index is 3270. The number of para-hydroxylation sites is 3. The van der Waals surface area contributed by atoms with E-state index in [0.717, 1.165) is 60.5 Å². The van der Waals surface area contributed by atoms with E-state index in [1.165, 1.54) is 47.2 Å². The lowest BCUT2D eigenvalue weighted by Crippen LogP contribution is -2.05. The van der Waals surface area contributed by atoms with Crippen LogP contribution in [-0.2, 0) is 0 Å². The maximum Gasteiger partial charge on any atom is 0.161 e. The summed E-state index contributed by atoms with van der Waals surface area (Å²) >= 11 is 3.63. The van der Waals surface area contributed by atoms with Gasteiger partial charge >= 0.3 is 0 Å². The summed E-state index contributed by atoms with van der Waals surface area (Å²) in [5.74, 6) is 0.735.